The summed E-state index contributed by atoms with van der Waals surface area (Å²) in [7, 11) is 0. The summed E-state index contributed by atoms with van der Waals surface area (Å²) < 4.78 is 1.84. The van der Waals surface area contributed by atoms with Gasteiger partial charge in [0, 0.05) is 10.7 Å². The van der Waals surface area contributed by atoms with Crippen molar-refractivity contribution in [3.05, 3.63) is 76.1 Å². The van der Waals surface area contributed by atoms with Crippen molar-refractivity contribution in [2.75, 3.05) is 5.32 Å². The maximum Gasteiger partial charge on any atom is 0.259 e. The third kappa shape index (κ3) is 3.65. The fourth-order valence-electron chi connectivity index (χ4n) is 2.94. The van der Waals surface area contributed by atoms with E-state index in [9.17, 15) is 4.79 Å². The normalized spacial score (nSPS) is 11.0. The quantitative estimate of drug-likeness (QED) is 0.660. The summed E-state index contributed by atoms with van der Waals surface area (Å²) in [5.41, 5.74) is 5.26. The molecule has 3 rings (SSSR count). The number of carbonyl (C=O) groups is 1. The van der Waals surface area contributed by atoms with Crippen molar-refractivity contribution >= 4 is 23.2 Å². The Labute approximate surface area is 158 Å². The summed E-state index contributed by atoms with van der Waals surface area (Å²) in [5, 5.41) is 8.09. The van der Waals surface area contributed by atoms with Gasteiger partial charge in [0.1, 0.15) is 0 Å². The van der Waals surface area contributed by atoms with E-state index in [4.69, 9.17) is 11.6 Å². The number of carbonyl (C=O) groups excluding carboxylic acids is 1. The molecule has 1 aromatic heterocycles. The van der Waals surface area contributed by atoms with Crippen molar-refractivity contribution in [2.45, 2.75) is 33.6 Å². The predicted octanol–water partition coefficient (Wildman–Crippen LogP) is 5.52. The highest BCUT2D eigenvalue weighted by molar-refractivity contribution is 6.30. The second-order valence-corrected chi connectivity index (χ2v) is 7.20. The summed E-state index contributed by atoms with van der Waals surface area (Å²) in [5.74, 6) is -0.0247. The average molecular weight is 368 g/mol. The first-order chi connectivity index (χ1) is 12.4. The second-order valence-electron chi connectivity index (χ2n) is 6.76. The van der Waals surface area contributed by atoms with Gasteiger partial charge in [-0.15, -0.1) is 0 Å². The Morgan fingerprint density at radius 2 is 1.81 bits per heavy atom. The highest BCUT2D eigenvalue weighted by atomic mass is 35.5. The third-order valence-electron chi connectivity index (χ3n) is 4.31. The number of benzene rings is 2. The molecule has 0 saturated carbocycles. The maximum atomic E-state index is 12.9. The largest absolute Gasteiger partial charge is 0.322 e. The van der Waals surface area contributed by atoms with Crippen molar-refractivity contribution in [2.24, 2.45) is 0 Å². The zero-order chi connectivity index (χ0) is 18.8. The fourth-order valence-corrected chi connectivity index (χ4v) is 3.16. The minimum atomic E-state index is -0.169. The van der Waals surface area contributed by atoms with Crippen LogP contribution in [0.3, 0.4) is 0 Å². The molecular formula is C21H22ClN3O. The van der Waals surface area contributed by atoms with E-state index in [1.54, 1.807) is 12.3 Å². The zero-order valence-corrected chi connectivity index (χ0v) is 16.1. The lowest BCUT2D eigenvalue weighted by molar-refractivity contribution is 0.102. The average Bonchev–Trinajstić information content (AvgIpc) is 3.03. The number of aromatic nitrogens is 2. The molecule has 3 aromatic rings. The van der Waals surface area contributed by atoms with Crippen molar-refractivity contribution in [3.63, 3.8) is 0 Å². The number of nitrogens with zero attached hydrogens (tertiary/aromatic N) is 2. The fraction of sp³-hybridized carbons (Fsp3) is 0.238. The van der Waals surface area contributed by atoms with Crippen LogP contribution in [0.1, 0.15) is 46.9 Å². The van der Waals surface area contributed by atoms with Gasteiger partial charge in [-0.1, -0.05) is 43.1 Å². The number of halogens is 1. The van der Waals surface area contributed by atoms with E-state index in [1.165, 1.54) is 5.56 Å². The SMILES string of the molecule is Cc1ccc(-n2ncc(C(=O)Nc3ccc(Cl)cc3C)c2C(C)C)cc1. The van der Waals surface area contributed by atoms with Crippen LogP contribution < -0.4 is 5.32 Å². The molecule has 0 fully saturated rings. The Kier molecular flexibility index (Phi) is 5.14. The minimum Gasteiger partial charge on any atom is -0.322 e. The number of anilines is 1. The van der Waals surface area contributed by atoms with E-state index in [-0.39, 0.29) is 11.8 Å². The van der Waals surface area contributed by atoms with Gasteiger partial charge >= 0.3 is 0 Å². The van der Waals surface area contributed by atoms with Crippen LogP contribution in [0.4, 0.5) is 5.69 Å². The second kappa shape index (κ2) is 7.34. The van der Waals surface area contributed by atoms with Gasteiger partial charge < -0.3 is 5.32 Å². The van der Waals surface area contributed by atoms with E-state index in [1.807, 2.05) is 54.9 Å². The van der Waals surface area contributed by atoms with Crippen molar-refractivity contribution in [1.82, 2.24) is 9.78 Å². The van der Waals surface area contributed by atoms with Gasteiger partial charge in [-0.05, 0) is 55.7 Å². The third-order valence-corrected chi connectivity index (χ3v) is 4.55. The maximum absolute atomic E-state index is 12.9. The highest BCUT2D eigenvalue weighted by Crippen LogP contribution is 2.25. The summed E-state index contributed by atoms with van der Waals surface area (Å²) >= 11 is 5.99. The molecule has 5 heteroatoms. The zero-order valence-electron chi connectivity index (χ0n) is 15.4. The topological polar surface area (TPSA) is 46.9 Å². The first-order valence-electron chi connectivity index (χ1n) is 8.59. The number of hydrogen-bond donors (Lipinski definition) is 1. The molecular weight excluding hydrogens is 346 g/mol. The van der Waals surface area contributed by atoms with Gasteiger partial charge in [-0.3, -0.25) is 4.79 Å². The number of hydrogen-bond acceptors (Lipinski definition) is 2. The van der Waals surface area contributed by atoms with E-state index in [2.05, 4.69) is 24.3 Å². The van der Waals surface area contributed by atoms with Crippen LogP contribution in [-0.4, -0.2) is 15.7 Å². The van der Waals surface area contributed by atoms with E-state index < -0.39 is 0 Å². The van der Waals surface area contributed by atoms with Crippen LogP contribution >= 0.6 is 11.6 Å². The summed E-state index contributed by atoms with van der Waals surface area (Å²) in [6.07, 6.45) is 1.63. The highest BCUT2D eigenvalue weighted by Gasteiger charge is 2.21. The van der Waals surface area contributed by atoms with Gasteiger partial charge in [-0.2, -0.15) is 5.10 Å². The number of aryl methyl sites for hydroxylation is 2. The first-order valence-corrected chi connectivity index (χ1v) is 8.97. The van der Waals surface area contributed by atoms with E-state index in [0.717, 1.165) is 22.6 Å². The molecule has 0 aliphatic rings. The predicted molar refractivity (Wildman–Crippen MR) is 107 cm³/mol. The molecule has 1 heterocycles. The molecule has 1 N–H and O–H groups in total. The standard InChI is InChI=1S/C21H22ClN3O/c1-13(2)20-18(12-23-25(20)17-8-5-14(3)6-9-17)21(26)24-19-10-7-16(22)11-15(19)4/h5-13H,1-4H3,(H,24,26). The molecule has 134 valence electrons. The first kappa shape index (κ1) is 18.2. The Hall–Kier alpha value is -2.59. The molecule has 0 radical (unpaired) electrons. The van der Waals surface area contributed by atoms with Gasteiger partial charge in [0.05, 0.1) is 23.1 Å². The van der Waals surface area contributed by atoms with Crippen LogP contribution in [0.2, 0.25) is 5.02 Å². The van der Waals surface area contributed by atoms with E-state index >= 15 is 0 Å². The molecule has 0 saturated heterocycles. The molecule has 0 aliphatic carbocycles. The van der Waals surface area contributed by atoms with Crippen LogP contribution in [-0.2, 0) is 0 Å². The summed E-state index contributed by atoms with van der Waals surface area (Å²) in [6.45, 7) is 8.09. The van der Waals surface area contributed by atoms with Crippen molar-refractivity contribution in [1.29, 1.82) is 0 Å². The van der Waals surface area contributed by atoms with Gasteiger partial charge in [0.2, 0.25) is 0 Å². The van der Waals surface area contributed by atoms with Crippen molar-refractivity contribution in [3.8, 4) is 5.69 Å². The lowest BCUT2D eigenvalue weighted by Gasteiger charge is -2.14. The van der Waals surface area contributed by atoms with E-state index in [0.29, 0.717) is 10.6 Å². The molecule has 26 heavy (non-hydrogen) atoms. The minimum absolute atomic E-state index is 0.144. The van der Waals surface area contributed by atoms with Crippen LogP contribution in [0.25, 0.3) is 5.69 Å². The summed E-state index contributed by atoms with van der Waals surface area (Å²) in [4.78, 5) is 12.9. The van der Waals surface area contributed by atoms with Crippen molar-refractivity contribution < 1.29 is 4.79 Å². The Balaban J connectivity index is 1.97. The lowest BCUT2D eigenvalue weighted by Crippen LogP contribution is -2.16. The Morgan fingerprint density at radius 1 is 1.12 bits per heavy atom. The molecule has 0 bridgehead atoms. The number of amides is 1. The molecule has 2 aromatic carbocycles. The van der Waals surface area contributed by atoms with Gasteiger partial charge in [-0.25, -0.2) is 4.68 Å². The van der Waals surface area contributed by atoms with Gasteiger partial charge in [0.15, 0.2) is 0 Å². The lowest BCUT2D eigenvalue weighted by atomic mass is 10.0. The molecule has 0 atom stereocenters. The smallest absolute Gasteiger partial charge is 0.259 e. The number of rotatable bonds is 4. The molecule has 4 nitrogen and oxygen atoms in total. The Morgan fingerprint density at radius 3 is 2.42 bits per heavy atom. The number of nitrogens with one attached hydrogen (secondary N) is 1. The van der Waals surface area contributed by atoms with Crippen LogP contribution in [0, 0.1) is 13.8 Å². The molecule has 1 amide bonds. The summed E-state index contributed by atoms with van der Waals surface area (Å²) in [6, 6.07) is 13.5. The molecule has 0 aliphatic heterocycles. The molecule has 0 spiro atoms. The van der Waals surface area contributed by atoms with Crippen LogP contribution in [0.15, 0.2) is 48.7 Å². The molecule has 0 unspecified atom stereocenters. The monoisotopic (exact) mass is 367 g/mol. The Bertz CT molecular complexity index is 942. The van der Waals surface area contributed by atoms with Gasteiger partial charge in [0.25, 0.3) is 5.91 Å². The van der Waals surface area contributed by atoms with Crippen LogP contribution in [0.5, 0.6) is 0 Å².